The summed E-state index contributed by atoms with van der Waals surface area (Å²) in [4.78, 5) is 0. The average molecular weight is 344 g/mol. The molecule has 0 unspecified atom stereocenters. The number of methoxy groups -OCH3 is 2. The van der Waals surface area contributed by atoms with Crippen molar-refractivity contribution in [1.29, 1.82) is 0 Å². The molecule has 2 N–H and O–H groups in total. The lowest BCUT2D eigenvalue weighted by Crippen LogP contribution is -2.02. The molecule has 5 nitrogen and oxygen atoms in total. The van der Waals surface area contributed by atoms with E-state index < -0.39 is 29.0 Å². The quantitative estimate of drug-likeness (QED) is 0.378. The minimum absolute atomic E-state index is 0.0740. The number of hydrazone groups is 1. The summed E-state index contributed by atoms with van der Waals surface area (Å²) < 4.78 is 63.0. The number of phenols is 1. The maximum atomic E-state index is 13.5. The summed E-state index contributed by atoms with van der Waals surface area (Å²) in [7, 11) is 2.63. The van der Waals surface area contributed by atoms with Gasteiger partial charge in [-0.25, -0.2) is 17.6 Å². The molecule has 128 valence electrons. The van der Waals surface area contributed by atoms with Crippen LogP contribution in [0.15, 0.2) is 23.3 Å². The van der Waals surface area contributed by atoms with E-state index in [-0.39, 0.29) is 23.3 Å². The minimum Gasteiger partial charge on any atom is -0.502 e. The highest BCUT2D eigenvalue weighted by Gasteiger charge is 2.18. The second-order valence-corrected chi connectivity index (χ2v) is 4.49. The first-order valence-corrected chi connectivity index (χ1v) is 6.46. The molecule has 0 saturated carbocycles. The maximum absolute atomic E-state index is 13.5. The summed E-state index contributed by atoms with van der Waals surface area (Å²) in [6, 6.07) is 2.82. The fourth-order valence-electron chi connectivity index (χ4n) is 1.83. The van der Waals surface area contributed by atoms with E-state index in [1.807, 2.05) is 5.43 Å². The number of ether oxygens (including phenoxy) is 2. The van der Waals surface area contributed by atoms with Crippen LogP contribution < -0.4 is 14.9 Å². The molecular formula is C15H12F4N2O3. The van der Waals surface area contributed by atoms with Crippen molar-refractivity contribution >= 4 is 11.9 Å². The Labute approximate surface area is 134 Å². The van der Waals surface area contributed by atoms with Gasteiger partial charge in [-0.05, 0) is 12.1 Å². The van der Waals surface area contributed by atoms with Gasteiger partial charge in [0.15, 0.2) is 34.8 Å². The molecule has 0 radical (unpaired) electrons. The van der Waals surface area contributed by atoms with Crippen LogP contribution in [-0.2, 0) is 0 Å². The third-order valence-electron chi connectivity index (χ3n) is 3.00. The van der Waals surface area contributed by atoms with Crippen molar-refractivity contribution in [3.8, 4) is 17.2 Å². The van der Waals surface area contributed by atoms with Crippen LogP contribution >= 0.6 is 0 Å². The Morgan fingerprint density at radius 3 is 1.92 bits per heavy atom. The molecule has 0 spiro atoms. The first kappa shape index (κ1) is 17.4. The Morgan fingerprint density at radius 2 is 1.46 bits per heavy atom. The second-order valence-electron chi connectivity index (χ2n) is 4.49. The number of hydrogen-bond donors (Lipinski definition) is 2. The zero-order valence-electron chi connectivity index (χ0n) is 12.5. The van der Waals surface area contributed by atoms with Crippen molar-refractivity contribution in [2.45, 2.75) is 0 Å². The van der Waals surface area contributed by atoms with Crippen LogP contribution in [0.3, 0.4) is 0 Å². The summed E-state index contributed by atoms with van der Waals surface area (Å²) in [6.45, 7) is 0. The van der Waals surface area contributed by atoms with E-state index in [0.29, 0.717) is 5.56 Å². The lowest BCUT2D eigenvalue weighted by atomic mass is 10.2. The van der Waals surface area contributed by atoms with Crippen LogP contribution in [0.1, 0.15) is 5.56 Å². The van der Waals surface area contributed by atoms with Crippen molar-refractivity contribution in [3.05, 3.63) is 47.0 Å². The molecule has 2 rings (SSSR count). The van der Waals surface area contributed by atoms with E-state index in [1.165, 1.54) is 26.4 Å². The molecule has 0 aliphatic heterocycles. The topological polar surface area (TPSA) is 63.1 Å². The predicted octanol–water partition coefficient (Wildman–Crippen LogP) is 3.41. The normalized spacial score (nSPS) is 10.9. The molecule has 0 bridgehead atoms. The van der Waals surface area contributed by atoms with Gasteiger partial charge < -0.3 is 14.6 Å². The van der Waals surface area contributed by atoms with Crippen molar-refractivity contribution in [1.82, 2.24) is 0 Å². The van der Waals surface area contributed by atoms with Crippen LogP contribution in [-0.4, -0.2) is 25.5 Å². The number of benzene rings is 2. The first-order chi connectivity index (χ1) is 11.4. The molecule has 0 aliphatic rings. The molecule has 24 heavy (non-hydrogen) atoms. The van der Waals surface area contributed by atoms with E-state index in [9.17, 15) is 22.7 Å². The zero-order valence-corrected chi connectivity index (χ0v) is 12.5. The maximum Gasteiger partial charge on any atom is 0.200 e. The van der Waals surface area contributed by atoms with Crippen molar-refractivity contribution in [2.75, 3.05) is 19.6 Å². The molecule has 0 amide bonds. The molecular weight excluding hydrogens is 332 g/mol. The van der Waals surface area contributed by atoms with Crippen molar-refractivity contribution in [2.24, 2.45) is 5.10 Å². The largest absolute Gasteiger partial charge is 0.502 e. The van der Waals surface area contributed by atoms with Gasteiger partial charge >= 0.3 is 0 Å². The zero-order chi connectivity index (χ0) is 17.9. The van der Waals surface area contributed by atoms with Gasteiger partial charge in [0.1, 0.15) is 5.69 Å². The minimum atomic E-state index is -1.60. The van der Waals surface area contributed by atoms with E-state index in [4.69, 9.17) is 9.47 Å². The molecule has 0 heterocycles. The summed E-state index contributed by atoms with van der Waals surface area (Å²) >= 11 is 0. The molecule has 0 aromatic heterocycles. The number of aromatic hydroxyl groups is 1. The standard InChI is InChI=1S/C15H12F4N2O3/c1-23-10-3-7(4-11(24-2)15(10)22)6-20-21-14-12(18)8(16)5-9(17)13(14)19/h3-6,21-22H,1-2H3/b20-6+. The van der Waals surface area contributed by atoms with Crippen LogP contribution in [0.25, 0.3) is 0 Å². The lowest BCUT2D eigenvalue weighted by Gasteiger charge is -2.09. The number of hydrogen-bond acceptors (Lipinski definition) is 5. The Hall–Kier alpha value is -2.97. The fourth-order valence-corrected chi connectivity index (χ4v) is 1.83. The molecule has 0 aliphatic carbocycles. The van der Waals surface area contributed by atoms with Crippen molar-refractivity contribution < 1.29 is 32.1 Å². The van der Waals surface area contributed by atoms with Gasteiger partial charge in [-0.3, -0.25) is 5.43 Å². The van der Waals surface area contributed by atoms with Gasteiger partial charge in [0, 0.05) is 11.6 Å². The molecule has 0 saturated heterocycles. The predicted molar refractivity (Wildman–Crippen MR) is 78.7 cm³/mol. The van der Waals surface area contributed by atoms with E-state index in [0.717, 1.165) is 6.21 Å². The first-order valence-electron chi connectivity index (χ1n) is 6.46. The van der Waals surface area contributed by atoms with E-state index >= 15 is 0 Å². The van der Waals surface area contributed by atoms with Gasteiger partial charge in [-0.1, -0.05) is 0 Å². The summed E-state index contributed by atoms with van der Waals surface area (Å²) in [5, 5.41) is 13.3. The highest BCUT2D eigenvalue weighted by Crippen LogP contribution is 2.36. The lowest BCUT2D eigenvalue weighted by molar-refractivity contribution is 0.340. The van der Waals surface area contributed by atoms with Gasteiger partial charge in [0.05, 0.1) is 20.4 Å². The van der Waals surface area contributed by atoms with Gasteiger partial charge in [-0.2, -0.15) is 5.10 Å². The number of nitrogens with zero attached hydrogens (tertiary/aromatic N) is 1. The SMILES string of the molecule is COc1cc(/C=N/Nc2c(F)c(F)cc(F)c2F)cc(OC)c1O. The Morgan fingerprint density at radius 1 is 0.958 bits per heavy atom. The number of halogens is 4. The van der Waals surface area contributed by atoms with Crippen LogP contribution in [0, 0.1) is 23.3 Å². The highest BCUT2D eigenvalue weighted by molar-refractivity contribution is 5.83. The number of nitrogens with one attached hydrogen (secondary N) is 1. The molecule has 0 atom stereocenters. The molecule has 0 fully saturated rings. The highest BCUT2D eigenvalue weighted by atomic mass is 19.2. The van der Waals surface area contributed by atoms with Crippen LogP contribution in [0.4, 0.5) is 23.2 Å². The van der Waals surface area contributed by atoms with Crippen molar-refractivity contribution in [3.63, 3.8) is 0 Å². The Balaban J connectivity index is 2.31. The molecule has 2 aromatic carbocycles. The monoisotopic (exact) mass is 344 g/mol. The third-order valence-corrected chi connectivity index (χ3v) is 3.00. The van der Waals surface area contributed by atoms with Crippen LogP contribution in [0.2, 0.25) is 0 Å². The Kier molecular flexibility index (Phi) is 5.12. The smallest absolute Gasteiger partial charge is 0.200 e. The number of phenolic OH excluding ortho intramolecular Hbond substituents is 1. The summed E-state index contributed by atoms with van der Waals surface area (Å²) in [5.41, 5.74) is 1.15. The summed E-state index contributed by atoms with van der Waals surface area (Å²) in [5.74, 6) is -6.41. The fraction of sp³-hybridized carbons (Fsp3) is 0.133. The number of anilines is 1. The molecule has 2 aromatic rings. The second kappa shape index (κ2) is 7.07. The average Bonchev–Trinajstić information content (AvgIpc) is 2.57. The van der Waals surface area contributed by atoms with Gasteiger partial charge in [0.2, 0.25) is 5.75 Å². The van der Waals surface area contributed by atoms with Gasteiger partial charge in [0.25, 0.3) is 0 Å². The van der Waals surface area contributed by atoms with E-state index in [2.05, 4.69) is 5.10 Å². The van der Waals surface area contributed by atoms with E-state index in [1.54, 1.807) is 0 Å². The number of rotatable bonds is 5. The Bertz CT molecular complexity index is 746. The summed E-state index contributed by atoms with van der Waals surface area (Å²) in [6.07, 6.45) is 1.09. The third kappa shape index (κ3) is 3.34. The van der Waals surface area contributed by atoms with Gasteiger partial charge in [-0.15, -0.1) is 0 Å². The molecule has 9 heteroatoms. The van der Waals surface area contributed by atoms with Crippen LogP contribution in [0.5, 0.6) is 17.2 Å².